The van der Waals surface area contributed by atoms with Gasteiger partial charge in [-0.05, 0) is 29.5 Å². The van der Waals surface area contributed by atoms with E-state index in [1.54, 1.807) is 0 Å². The van der Waals surface area contributed by atoms with Crippen molar-refractivity contribution in [2.45, 2.75) is 19.4 Å². The molecule has 28 heavy (non-hydrogen) atoms. The van der Waals surface area contributed by atoms with E-state index in [-0.39, 0.29) is 11.8 Å². The van der Waals surface area contributed by atoms with Gasteiger partial charge in [0, 0.05) is 31.6 Å². The summed E-state index contributed by atoms with van der Waals surface area (Å²) in [5.41, 5.74) is 2.09. The highest BCUT2D eigenvalue weighted by Crippen LogP contribution is 2.26. The van der Waals surface area contributed by atoms with Crippen molar-refractivity contribution in [3.05, 3.63) is 51.7 Å². The van der Waals surface area contributed by atoms with Crippen LogP contribution in [0.15, 0.2) is 35.7 Å². The summed E-state index contributed by atoms with van der Waals surface area (Å²) in [5, 5.41) is 1.92. The first-order chi connectivity index (χ1) is 13.7. The molecule has 0 saturated carbocycles. The molecule has 0 atom stereocenters. The minimum absolute atomic E-state index is 0.0411. The number of benzene rings is 1. The highest BCUT2D eigenvalue weighted by Gasteiger charge is 2.22. The second kappa shape index (κ2) is 8.75. The van der Waals surface area contributed by atoms with E-state index in [9.17, 15) is 9.59 Å². The molecule has 2 aromatic rings. The molecule has 0 radical (unpaired) electrons. The predicted octanol–water partition coefficient (Wildman–Crippen LogP) is 2.57. The van der Waals surface area contributed by atoms with Crippen molar-refractivity contribution in [2.24, 2.45) is 0 Å². The van der Waals surface area contributed by atoms with Gasteiger partial charge in [0.2, 0.25) is 5.91 Å². The first-order valence-corrected chi connectivity index (χ1v) is 10.5. The number of rotatable bonds is 4. The lowest BCUT2D eigenvalue weighted by molar-refractivity contribution is -0.135. The van der Waals surface area contributed by atoms with Crippen LogP contribution in [0, 0.1) is 0 Å². The summed E-state index contributed by atoms with van der Waals surface area (Å²) in [4.78, 5) is 29.6. The van der Waals surface area contributed by atoms with Crippen LogP contribution >= 0.6 is 11.3 Å². The highest BCUT2D eigenvalue weighted by atomic mass is 32.1. The van der Waals surface area contributed by atoms with E-state index in [4.69, 9.17) is 9.47 Å². The fourth-order valence-electron chi connectivity index (χ4n) is 3.55. The monoisotopic (exact) mass is 400 g/mol. The fourth-order valence-corrected chi connectivity index (χ4v) is 4.25. The number of nitrogens with zero attached hydrogens (tertiary/aromatic N) is 2. The minimum Gasteiger partial charge on any atom is -0.491 e. The zero-order valence-electron chi connectivity index (χ0n) is 15.8. The molecule has 2 aliphatic heterocycles. The van der Waals surface area contributed by atoms with Gasteiger partial charge in [-0.1, -0.05) is 18.2 Å². The summed E-state index contributed by atoms with van der Waals surface area (Å²) in [6, 6.07) is 9.80. The van der Waals surface area contributed by atoms with Crippen LogP contribution in [0.25, 0.3) is 0 Å². The number of morpholine rings is 1. The van der Waals surface area contributed by atoms with E-state index in [1.165, 1.54) is 11.3 Å². The summed E-state index contributed by atoms with van der Waals surface area (Å²) in [6.07, 6.45) is 1.17. The van der Waals surface area contributed by atoms with E-state index in [0.717, 1.165) is 21.8 Å². The molecule has 0 N–H and O–H groups in total. The van der Waals surface area contributed by atoms with E-state index in [1.807, 2.05) is 39.4 Å². The number of amides is 2. The predicted molar refractivity (Wildman–Crippen MR) is 107 cm³/mol. The van der Waals surface area contributed by atoms with Crippen molar-refractivity contribution in [3.8, 4) is 5.75 Å². The number of ether oxygens (including phenoxy) is 2. The van der Waals surface area contributed by atoms with E-state index < -0.39 is 0 Å². The highest BCUT2D eigenvalue weighted by molar-refractivity contribution is 7.12. The number of thiophene rings is 1. The fraction of sp³-hybridized carbons (Fsp3) is 0.429. The first-order valence-electron chi connectivity index (χ1n) is 9.63. The van der Waals surface area contributed by atoms with Gasteiger partial charge >= 0.3 is 0 Å². The summed E-state index contributed by atoms with van der Waals surface area (Å²) in [6.45, 7) is 4.17. The summed E-state index contributed by atoms with van der Waals surface area (Å²) >= 11 is 1.46. The number of hydrogen-bond donors (Lipinski definition) is 0. The molecular weight excluding hydrogens is 376 g/mol. The van der Waals surface area contributed by atoms with Crippen LogP contribution in [0.2, 0.25) is 0 Å². The molecule has 6 nitrogen and oxygen atoms in total. The lowest BCUT2D eigenvalue weighted by atomic mass is 10.0. The molecule has 0 spiro atoms. The number of hydrogen-bond acceptors (Lipinski definition) is 5. The van der Waals surface area contributed by atoms with E-state index in [0.29, 0.717) is 58.8 Å². The molecular formula is C21H24N2O4S. The van der Waals surface area contributed by atoms with Crippen LogP contribution in [0.1, 0.15) is 27.2 Å². The Balaban J connectivity index is 1.42. The van der Waals surface area contributed by atoms with Crippen molar-refractivity contribution < 1.29 is 19.1 Å². The lowest BCUT2D eigenvalue weighted by Crippen LogP contribution is -2.40. The average Bonchev–Trinajstić information content (AvgIpc) is 3.19. The summed E-state index contributed by atoms with van der Waals surface area (Å²) in [7, 11) is 0. The van der Waals surface area contributed by atoms with Gasteiger partial charge in [0.15, 0.2) is 0 Å². The van der Waals surface area contributed by atoms with Gasteiger partial charge in [-0.15, -0.1) is 11.3 Å². The Morgan fingerprint density at radius 3 is 2.64 bits per heavy atom. The van der Waals surface area contributed by atoms with E-state index >= 15 is 0 Å². The van der Waals surface area contributed by atoms with Gasteiger partial charge in [-0.2, -0.15) is 0 Å². The Morgan fingerprint density at radius 2 is 1.86 bits per heavy atom. The molecule has 0 unspecified atom stereocenters. The number of aryl methyl sites for hydroxylation is 1. The number of carbonyl (C=O) groups excluding carboxylic acids is 2. The Bertz CT molecular complexity index is 831. The molecule has 1 saturated heterocycles. The molecule has 0 aliphatic carbocycles. The SMILES string of the molecule is O=C(CCc1ccc2c(c1)CN(C(=O)c1cccs1)CCO2)N1CCOCC1. The van der Waals surface area contributed by atoms with Gasteiger partial charge in [0.25, 0.3) is 5.91 Å². The quantitative estimate of drug-likeness (QED) is 0.792. The summed E-state index contributed by atoms with van der Waals surface area (Å²) in [5.74, 6) is 1.04. The van der Waals surface area contributed by atoms with Gasteiger partial charge in [-0.3, -0.25) is 9.59 Å². The third kappa shape index (κ3) is 4.36. The van der Waals surface area contributed by atoms with Gasteiger partial charge in [0.1, 0.15) is 12.4 Å². The van der Waals surface area contributed by atoms with Gasteiger partial charge in [0.05, 0.1) is 24.6 Å². The van der Waals surface area contributed by atoms with Crippen molar-refractivity contribution in [2.75, 3.05) is 39.5 Å². The maximum atomic E-state index is 12.7. The molecule has 1 fully saturated rings. The average molecular weight is 401 g/mol. The van der Waals surface area contributed by atoms with Crippen molar-refractivity contribution in [1.82, 2.24) is 9.80 Å². The molecule has 148 valence electrons. The van der Waals surface area contributed by atoms with Crippen molar-refractivity contribution in [1.29, 1.82) is 0 Å². The number of fused-ring (bicyclic) bond motifs is 1. The van der Waals surface area contributed by atoms with Crippen LogP contribution < -0.4 is 4.74 Å². The normalized spacial score (nSPS) is 16.9. The third-order valence-electron chi connectivity index (χ3n) is 5.12. The zero-order valence-corrected chi connectivity index (χ0v) is 16.6. The maximum absolute atomic E-state index is 12.7. The first kappa shape index (κ1) is 19.0. The molecule has 0 bridgehead atoms. The minimum atomic E-state index is 0.0411. The van der Waals surface area contributed by atoms with E-state index in [2.05, 4.69) is 6.07 Å². The van der Waals surface area contributed by atoms with Crippen molar-refractivity contribution in [3.63, 3.8) is 0 Å². The lowest BCUT2D eigenvalue weighted by Gasteiger charge is -2.26. The Kier molecular flexibility index (Phi) is 5.92. The second-order valence-corrected chi connectivity index (χ2v) is 7.94. The zero-order chi connectivity index (χ0) is 19.3. The smallest absolute Gasteiger partial charge is 0.264 e. The Labute approximate surface area is 168 Å². The molecule has 1 aromatic carbocycles. The Morgan fingerprint density at radius 1 is 1.04 bits per heavy atom. The topological polar surface area (TPSA) is 59.1 Å². The van der Waals surface area contributed by atoms with Crippen LogP contribution in [0.3, 0.4) is 0 Å². The van der Waals surface area contributed by atoms with Crippen LogP contribution in [0.5, 0.6) is 5.75 Å². The molecule has 2 aliphatic rings. The molecule has 1 aromatic heterocycles. The third-order valence-corrected chi connectivity index (χ3v) is 5.97. The Hall–Kier alpha value is -2.38. The van der Waals surface area contributed by atoms with Crippen LogP contribution in [-0.4, -0.2) is 61.1 Å². The van der Waals surface area contributed by atoms with Gasteiger partial charge < -0.3 is 19.3 Å². The van der Waals surface area contributed by atoms with Crippen molar-refractivity contribution >= 4 is 23.2 Å². The second-order valence-electron chi connectivity index (χ2n) is 6.99. The molecule has 4 rings (SSSR count). The molecule has 2 amide bonds. The van der Waals surface area contributed by atoms with Crippen LogP contribution in [0.4, 0.5) is 0 Å². The largest absolute Gasteiger partial charge is 0.491 e. The maximum Gasteiger partial charge on any atom is 0.264 e. The van der Waals surface area contributed by atoms with Gasteiger partial charge in [-0.25, -0.2) is 0 Å². The molecule has 7 heteroatoms. The standard InChI is InChI=1S/C21H24N2O4S/c24-20(22-7-10-26-11-8-22)6-4-16-3-5-18-17(14-16)15-23(9-12-27-18)21(25)19-2-1-13-28-19/h1-3,5,13-14H,4,6-12,15H2. The number of carbonyl (C=O) groups is 2. The summed E-state index contributed by atoms with van der Waals surface area (Å²) < 4.78 is 11.1. The van der Waals surface area contributed by atoms with Crippen LogP contribution in [-0.2, 0) is 22.5 Å². The molecule has 3 heterocycles.